The average Bonchev–Trinajstić information content (AvgIpc) is 2.48. The van der Waals surface area contributed by atoms with Crippen molar-refractivity contribution in [3.8, 4) is 11.8 Å². The molecule has 0 aliphatic carbocycles. The molecule has 21 heavy (non-hydrogen) atoms. The number of aliphatic hydroxyl groups is 1. The number of aromatic nitrogens is 2. The van der Waals surface area contributed by atoms with E-state index in [9.17, 15) is 4.79 Å². The number of carbonyl (C=O) groups excluding carboxylic acids is 1. The first-order valence-electron chi connectivity index (χ1n) is 6.48. The number of rotatable bonds is 3. The molecule has 0 unspecified atom stereocenters. The molecular formula is C16H15N3O2. The van der Waals surface area contributed by atoms with E-state index in [0.29, 0.717) is 23.4 Å². The van der Waals surface area contributed by atoms with Crippen molar-refractivity contribution in [3.05, 3.63) is 53.5 Å². The predicted molar refractivity (Wildman–Crippen MR) is 79.7 cm³/mol. The van der Waals surface area contributed by atoms with Gasteiger partial charge >= 0.3 is 0 Å². The quantitative estimate of drug-likeness (QED) is 0.841. The Morgan fingerprint density at radius 3 is 3.00 bits per heavy atom. The third kappa shape index (κ3) is 4.13. The fourth-order valence-electron chi connectivity index (χ4n) is 1.69. The van der Waals surface area contributed by atoms with Gasteiger partial charge in [0.25, 0.3) is 5.91 Å². The van der Waals surface area contributed by atoms with Crippen LogP contribution in [0.15, 0.2) is 36.8 Å². The van der Waals surface area contributed by atoms with Gasteiger partial charge in [-0.15, -0.1) is 0 Å². The first kappa shape index (κ1) is 14.7. The maximum atomic E-state index is 12.3. The smallest absolute Gasteiger partial charge is 0.258 e. The lowest BCUT2D eigenvalue weighted by Crippen LogP contribution is -2.14. The molecule has 2 aromatic heterocycles. The van der Waals surface area contributed by atoms with Gasteiger partial charge in [0.05, 0.1) is 17.7 Å². The average molecular weight is 281 g/mol. The van der Waals surface area contributed by atoms with Crippen LogP contribution in [0.1, 0.15) is 27.9 Å². The second-order valence-electron chi connectivity index (χ2n) is 4.37. The summed E-state index contributed by atoms with van der Waals surface area (Å²) in [6, 6.07) is 5.25. The van der Waals surface area contributed by atoms with E-state index in [-0.39, 0.29) is 12.5 Å². The zero-order valence-corrected chi connectivity index (χ0v) is 11.6. The SMILES string of the molecule is Cc1ccnc(NC(=O)c2ccncc2C#CCCO)c1. The summed E-state index contributed by atoms with van der Waals surface area (Å²) in [5.41, 5.74) is 1.97. The lowest BCUT2D eigenvalue weighted by Gasteiger charge is -2.06. The molecule has 5 nitrogen and oxygen atoms in total. The first-order valence-corrected chi connectivity index (χ1v) is 6.48. The van der Waals surface area contributed by atoms with Gasteiger partial charge in [0.1, 0.15) is 5.82 Å². The third-order valence-corrected chi connectivity index (χ3v) is 2.68. The van der Waals surface area contributed by atoms with E-state index in [2.05, 4.69) is 27.1 Å². The van der Waals surface area contributed by atoms with Crippen LogP contribution in [0, 0.1) is 18.8 Å². The summed E-state index contributed by atoms with van der Waals surface area (Å²) in [5, 5.41) is 11.5. The monoisotopic (exact) mass is 281 g/mol. The molecule has 0 fully saturated rings. The maximum absolute atomic E-state index is 12.3. The molecule has 0 saturated heterocycles. The summed E-state index contributed by atoms with van der Waals surface area (Å²) in [6.07, 6.45) is 5.06. The van der Waals surface area contributed by atoms with Crippen LogP contribution < -0.4 is 5.32 Å². The van der Waals surface area contributed by atoms with Crippen molar-refractivity contribution in [2.24, 2.45) is 0 Å². The van der Waals surface area contributed by atoms with Crippen LogP contribution in [-0.4, -0.2) is 27.6 Å². The molecule has 2 aromatic rings. The second-order valence-corrected chi connectivity index (χ2v) is 4.37. The first-order chi connectivity index (χ1) is 10.2. The molecule has 0 radical (unpaired) electrons. The van der Waals surface area contributed by atoms with Crippen molar-refractivity contribution < 1.29 is 9.90 Å². The van der Waals surface area contributed by atoms with Crippen molar-refractivity contribution in [3.63, 3.8) is 0 Å². The number of aliphatic hydroxyl groups excluding tert-OH is 1. The number of hydrogen-bond donors (Lipinski definition) is 2. The van der Waals surface area contributed by atoms with Crippen molar-refractivity contribution in [1.82, 2.24) is 9.97 Å². The summed E-state index contributed by atoms with van der Waals surface area (Å²) >= 11 is 0. The lowest BCUT2D eigenvalue weighted by molar-refractivity contribution is 0.102. The van der Waals surface area contributed by atoms with E-state index >= 15 is 0 Å². The van der Waals surface area contributed by atoms with Gasteiger partial charge in [0, 0.05) is 25.0 Å². The molecule has 1 amide bonds. The summed E-state index contributed by atoms with van der Waals surface area (Å²) in [5.74, 6) is 5.83. The summed E-state index contributed by atoms with van der Waals surface area (Å²) in [4.78, 5) is 20.3. The summed E-state index contributed by atoms with van der Waals surface area (Å²) in [6.45, 7) is 1.91. The number of nitrogens with one attached hydrogen (secondary N) is 1. The molecule has 0 aliphatic rings. The van der Waals surface area contributed by atoms with Crippen LogP contribution in [0.3, 0.4) is 0 Å². The van der Waals surface area contributed by atoms with Crippen LogP contribution >= 0.6 is 0 Å². The van der Waals surface area contributed by atoms with Gasteiger partial charge in [-0.1, -0.05) is 11.8 Å². The number of nitrogens with zero attached hydrogens (tertiary/aromatic N) is 2. The molecule has 5 heteroatoms. The van der Waals surface area contributed by atoms with Crippen LogP contribution in [0.4, 0.5) is 5.82 Å². The zero-order chi connectivity index (χ0) is 15.1. The highest BCUT2D eigenvalue weighted by Gasteiger charge is 2.10. The Balaban J connectivity index is 2.22. The van der Waals surface area contributed by atoms with Crippen LogP contribution in [0.2, 0.25) is 0 Å². The number of hydrogen-bond acceptors (Lipinski definition) is 4. The van der Waals surface area contributed by atoms with Gasteiger partial charge in [-0.25, -0.2) is 4.98 Å². The summed E-state index contributed by atoms with van der Waals surface area (Å²) < 4.78 is 0. The Bertz CT molecular complexity index is 702. The maximum Gasteiger partial charge on any atom is 0.258 e. The number of carbonyl (C=O) groups is 1. The van der Waals surface area contributed by atoms with Crippen molar-refractivity contribution in [2.45, 2.75) is 13.3 Å². The van der Waals surface area contributed by atoms with Crippen LogP contribution in [0.25, 0.3) is 0 Å². The highest BCUT2D eigenvalue weighted by atomic mass is 16.2. The predicted octanol–water partition coefficient (Wildman–Crippen LogP) is 1.77. The fraction of sp³-hybridized carbons (Fsp3) is 0.188. The molecule has 0 bridgehead atoms. The third-order valence-electron chi connectivity index (χ3n) is 2.68. The van der Waals surface area contributed by atoms with Gasteiger partial charge in [-0.05, 0) is 30.7 Å². The number of pyridine rings is 2. The van der Waals surface area contributed by atoms with Crippen molar-refractivity contribution >= 4 is 11.7 Å². The summed E-state index contributed by atoms with van der Waals surface area (Å²) in [7, 11) is 0. The van der Waals surface area contributed by atoms with E-state index in [1.54, 1.807) is 18.3 Å². The largest absolute Gasteiger partial charge is 0.395 e. The van der Waals surface area contributed by atoms with Gasteiger partial charge in [-0.3, -0.25) is 9.78 Å². The molecule has 0 aromatic carbocycles. The van der Waals surface area contributed by atoms with E-state index in [1.165, 1.54) is 12.4 Å². The fourth-order valence-corrected chi connectivity index (χ4v) is 1.69. The molecule has 0 aliphatic heterocycles. The lowest BCUT2D eigenvalue weighted by atomic mass is 10.1. The van der Waals surface area contributed by atoms with E-state index < -0.39 is 0 Å². The van der Waals surface area contributed by atoms with Gasteiger partial charge in [-0.2, -0.15) is 0 Å². The number of amides is 1. The molecule has 2 rings (SSSR count). The highest BCUT2D eigenvalue weighted by Crippen LogP contribution is 2.11. The number of aryl methyl sites for hydroxylation is 1. The zero-order valence-electron chi connectivity index (χ0n) is 11.6. The molecule has 0 saturated carbocycles. The number of anilines is 1. The minimum atomic E-state index is -0.288. The normalized spacial score (nSPS) is 9.62. The van der Waals surface area contributed by atoms with Crippen LogP contribution in [0.5, 0.6) is 0 Å². The Morgan fingerprint density at radius 2 is 2.24 bits per heavy atom. The van der Waals surface area contributed by atoms with Gasteiger partial charge in [0.2, 0.25) is 0 Å². The minimum absolute atomic E-state index is 0.0119. The minimum Gasteiger partial charge on any atom is -0.395 e. The Morgan fingerprint density at radius 1 is 1.38 bits per heavy atom. The standard InChI is InChI=1S/C16H15N3O2/c1-12-5-8-18-15(10-12)19-16(21)14-6-7-17-11-13(14)4-2-3-9-20/h5-8,10-11,20H,3,9H2,1H3,(H,18,19,21). The Kier molecular flexibility index (Phi) is 5.02. The topological polar surface area (TPSA) is 75.1 Å². The van der Waals surface area contributed by atoms with Gasteiger partial charge < -0.3 is 10.4 Å². The molecule has 0 atom stereocenters. The van der Waals surface area contributed by atoms with Crippen molar-refractivity contribution in [1.29, 1.82) is 0 Å². The Labute approximate surface area is 123 Å². The van der Waals surface area contributed by atoms with Gasteiger partial charge in [0.15, 0.2) is 0 Å². The van der Waals surface area contributed by atoms with E-state index in [1.807, 2.05) is 13.0 Å². The molecule has 2 heterocycles. The molecule has 106 valence electrons. The van der Waals surface area contributed by atoms with Crippen LogP contribution in [-0.2, 0) is 0 Å². The molecular weight excluding hydrogens is 266 g/mol. The highest BCUT2D eigenvalue weighted by molar-refractivity contribution is 6.05. The molecule has 0 spiro atoms. The van der Waals surface area contributed by atoms with Crippen molar-refractivity contribution in [2.75, 3.05) is 11.9 Å². The van der Waals surface area contributed by atoms with E-state index in [4.69, 9.17) is 5.11 Å². The Hall–Kier alpha value is -2.71. The van der Waals surface area contributed by atoms with E-state index in [0.717, 1.165) is 5.56 Å². The second kappa shape index (κ2) is 7.17. The molecule has 2 N–H and O–H groups in total.